The van der Waals surface area contributed by atoms with Crippen LogP contribution in [0.4, 0.5) is 5.69 Å². The van der Waals surface area contributed by atoms with E-state index in [-0.39, 0.29) is 18.9 Å². The van der Waals surface area contributed by atoms with Gasteiger partial charge in [-0.15, -0.1) is 0 Å². The van der Waals surface area contributed by atoms with E-state index in [1.54, 1.807) is 24.3 Å². The molecular weight excluding hydrogens is 462 g/mol. The summed E-state index contributed by atoms with van der Waals surface area (Å²) in [6.07, 6.45) is 14.3. The predicted molar refractivity (Wildman–Crippen MR) is 142 cm³/mol. The van der Waals surface area contributed by atoms with Gasteiger partial charge in [-0.25, -0.2) is 0 Å². The number of rotatable bonds is 18. The Bertz CT molecular complexity index is 973. The van der Waals surface area contributed by atoms with Crippen LogP contribution in [0.15, 0.2) is 48.5 Å². The van der Waals surface area contributed by atoms with Gasteiger partial charge in [-0.2, -0.15) is 8.42 Å². The molecule has 1 N–H and O–H groups in total. The van der Waals surface area contributed by atoms with E-state index in [4.69, 9.17) is 8.92 Å². The average molecular weight is 504 g/mol. The molecule has 1 amide bonds. The fourth-order valence-corrected chi connectivity index (χ4v) is 4.14. The second kappa shape index (κ2) is 16.3. The number of anilines is 1. The maximum Gasteiger partial charge on any atom is 0.264 e. The lowest BCUT2D eigenvalue weighted by atomic mass is 10.1. The Morgan fingerprint density at radius 2 is 1.46 bits per heavy atom. The van der Waals surface area contributed by atoms with Crippen LogP contribution in [0.1, 0.15) is 82.3 Å². The quantitative estimate of drug-likeness (QED) is 0.182. The second-order valence-electron chi connectivity index (χ2n) is 9.07. The van der Waals surface area contributed by atoms with Crippen LogP contribution in [0.5, 0.6) is 5.75 Å². The maximum atomic E-state index is 12.4. The molecule has 194 valence electrons. The first kappa shape index (κ1) is 28.9. The van der Waals surface area contributed by atoms with Crippen LogP contribution in [-0.2, 0) is 32.1 Å². The van der Waals surface area contributed by atoms with Gasteiger partial charge in [0.25, 0.3) is 10.1 Å². The van der Waals surface area contributed by atoms with Gasteiger partial charge in [0.2, 0.25) is 5.91 Å². The second-order valence-corrected chi connectivity index (χ2v) is 10.7. The summed E-state index contributed by atoms with van der Waals surface area (Å²) in [7, 11) is -3.52. The number of hydrogen-bond acceptors (Lipinski definition) is 5. The van der Waals surface area contributed by atoms with E-state index in [1.807, 2.05) is 24.3 Å². The molecule has 0 aromatic heterocycles. The molecule has 0 aliphatic heterocycles. The summed E-state index contributed by atoms with van der Waals surface area (Å²) < 4.78 is 32.9. The van der Waals surface area contributed by atoms with Crippen LogP contribution in [-0.4, -0.2) is 27.2 Å². The van der Waals surface area contributed by atoms with Crippen molar-refractivity contribution in [1.82, 2.24) is 0 Å². The molecule has 0 unspecified atom stereocenters. The van der Waals surface area contributed by atoms with E-state index in [9.17, 15) is 13.2 Å². The lowest BCUT2D eigenvalue weighted by Gasteiger charge is -2.09. The smallest absolute Gasteiger partial charge is 0.264 e. The lowest BCUT2D eigenvalue weighted by Crippen LogP contribution is -2.14. The Hall–Kier alpha value is -2.38. The molecule has 2 aromatic carbocycles. The first-order valence-corrected chi connectivity index (χ1v) is 14.6. The number of nitrogens with one attached hydrogen (secondary N) is 1. The molecule has 0 atom stereocenters. The molecule has 0 fully saturated rings. The summed E-state index contributed by atoms with van der Waals surface area (Å²) in [5.41, 5.74) is 2.16. The van der Waals surface area contributed by atoms with E-state index in [1.165, 1.54) is 57.8 Å². The van der Waals surface area contributed by atoms with Crippen molar-refractivity contribution in [1.29, 1.82) is 0 Å². The topological polar surface area (TPSA) is 81.7 Å². The van der Waals surface area contributed by atoms with Crippen molar-refractivity contribution in [2.24, 2.45) is 0 Å². The van der Waals surface area contributed by atoms with Crippen LogP contribution in [0.25, 0.3) is 0 Å². The van der Waals surface area contributed by atoms with Crippen LogP contribution < -0.4 is 10.1 Å². The standard InChI is InChI=1S/C28H41NO5S/c1-3-4-5-6-7-8-9-10-11-12-20-33-27-18-16-24(17-19-27)22-28(30)29-26-15-13-14-25(21-26)23-34-35(2,31)32/h13-19,21H,3-12,20,22-23H2,1-2H3,(H,29,30). The van der Waals surface area contributed by atoms with Crippen LogP contribution in [0, 0.1) is 0 Å². The minimum Gasteiger partial charge on any atom is -0.494 e. The molecular formula is C28H41NO5S. The van der Waals surface area contributed by atoms with Crippen molar-refractivity contribution >= 4 is 21.7 Å². The van der Waals surface area contributed by atoms with Gasteiger partial charge in [-0.3, -0.25) is 8.98 Å². The van der Waals surface area contributed by atoms with Gasteiger partial charge in [0.1, 0.15) is 5.75 Å². The molecule has 2 aromatic rings. The van der Waals surface area contributed by atoms with E-state index < -0.39 is 10.1 Å². The maximum absolute atomic E-state index is 12.4. The highest BCUT2D eigenvalue weighted by Crippen LogP contribution is 2.16. The summed E-state index contributed by atoms with van der Waals surface area (Å²) in [6, 6.07) is 14.6. The SMILES string of the molecule is CCCCCCCCCCCCOc1ccc(CC(=O)Nc2cccc(COS(C)(=O)=O)c2)cc1. The fraction of sp³-hybridized carbons (Fsp3) is 0.536. The summed E-state index contributed by atoms with van der Waals surface area (Å²) in [5.74, 6) is 0.675. The molecule has 35 heavy (non-hydrogen) atoms. The zero-order chi connectivity index (χ0) is 25.4. The number of amides is 1. The molecule has 0 bridgehead atoms. The van der Waals surface area contributed by atoms with Gasteiger partial charge in [-0.1, -0.05) is 89.0 Å². The summed E-state index contributed by atoms with van der Waals surface area (Å²) in [4.78, 5) is 12.4. The van der Waals surface area contributed by atoms with Gasteiger partial charge >= 0.3 is 0 Å². The van der Waals surface area contributed by atoms with E-state index >= 15 is 0 Å². The van der Waals surface area contributed by atoms with Gasteiger partial charge in [0.15, 0.2) is 0 Å². The van der Waals surface area contributed by atoms with E-state index in [0.29, 0.717) is 11.3 Å². The number of carbonyl (C=O) groups is 1. The average Bonchev–Trinajstić information content (AvgIpc) is 2.82. The number of unbranched alkanes of at least 4 members (excludes halogenated alkanes) is 9. The van der Waals surface area contributed by atoms with Crippen molar-refractivity contribution < 1.29 is 22.1 Å². The van der Waals surface area contributed by atoms with Crippen LogP contribution in [0.2, 0.25) is 0 Å². The highest BCUT2D eigenvalue weighted by molar-refractivity contribution is 7.85. The Balaban J connectivity index is 1.62. The molecule has 6 nitrogen and oxygen atoms in total. The molecule has 0 saturated carbocycles. The highest BCUT2D eigenvalue weighted by Gasteiger charge is 2.07. The fourth-order valence-electron chi connectivity index (χ4n) is 3.79. The summed E-state index contributed by atoms with van der Waals surface area (Å²) >= 11 is 0. The Morgan fingerprint density at radius 3 is 2.09 bits per heavy atom. The van der Waals surface area contributed by atoms with Crippen molar-refractivity contribution in [3.8, 4) is 5.75 Å². The number of carbonyl (C=O) groups excluding carboxylic acids is 1. The molecule has 7 heteroatoms. The molecule has 0 heterocycles. The monoisotopic (exact) mass is 503 g/mol. The van der Waals surface area contributed by atoms with Crippen molar-refractivity contribution in [3.63, 3.8) is 0 Å². The largest absolute Gasteiger partial charge is 0.494 e. The molecule has 0 spiro atoms. The zero-order valence-electron chi connectivity index (χ0n) is 21.3. The lowest BCUT2D eigenvalue weighted by molar-refractivity contribution is -0.115. The highest BCUT2D eigenvalue weighted by atomic mass is 32.2. The molecule has 0 aliphatic carbocycles. The molecule has 0 radical (unpaired) electrons. The Morgan fingerprint density at radius 1 is 0.829 bits per heavy atom. The Labute approximate surface area is 211 Å². The van der Waals surface area contributed by atoms with Crippen molar-refractivity contribution in [3.05, 3.63) is 59.7 Å². The Kier molecular flexibility index (Phi) is 13.5. The molecule has 0 saturated heterocycles. The zero-order valence-corrected chi connectivity index (χ0v) is 22.1. The van der Waals surface area contributed by atoms with E-state index in [2.05, 4.69) is 12.2 Å². The summed E-state index contributed by atoms with van der Waals surface area (Å²) in [6.45, 7) is 2.90. The predicted octanol–water partition coefficient (Wildman–Crippen LogP) is 6.64. The van der Waals surface area contributed by atoms with Crippen molar-refractivity contribution in [2.45, 2.75) is 84.2 Å². The van der Waals surface area contributed by atoms with Crippen molar-refractivity contribution in [2.75, 3.05) is 18.2 Å². The third-order valence-corrected chi connectivity index (χ3v) is 6.25. The first-order valence-electron chi connectivity index (χ1n) is 12.8. The number of ether oxygens (including phenoxy) is 1. The minimum atomic E-state index is -3.52. The van der Waals surface area contributed by atoms with E-state index in [0.717, 1.165) is 30.6 Å². The minimum absolute atomic E-state index is 0.0663. The molecule has 0 aliphatic rings. The van der Waals surface area contributed by atoms with Gasteiger partial charge in [0, 0.05) is 5.69 Å². The van der Waals surface area contributed by atoms with Gasteiger partial charge in [-0.05, 0) is 41.8 Å². The number of hydrogen-bond donors (Lipinski definition) is 1. The van der Waals surface area contributed by atoms with Gasteiger partial charge in [0.05, 0.1) is 25.9 Å². The molecule has 2 rings (SSSR count). The normalized spacial score (nSPS) is 11.4. The first-order chi connectivity index (χ1) is 16.9. The van der Waals surface area contributed by atoms with Crippen LogP contribution >= 0.6 is 0 Å². The third-order valence-electron chi connectivity index (χ3n) is 5.71. The number of benzene rings is 2. The third kappa shape index (κ3) is 13.9. The van der Waals surface area contributed by atoms with Gasteiger partial charge < -0.3 is 10.1 Å². The summed E-state index contributed by atoms with van der Waals surface area (Å²) in [5, 5.41) is 2.84. The van der Waals surface area contributed by atoms with Crippen LogP contribution in [0.3, 0.4) is 0 Å².